The first-order valence-corrected chi connectivity index (χ1v) is 12.3. The van der Waals surface area contributed by atoms with E-state index in [1.54, 1.807) is 28.1 Å². The van der Waals surface area contributed by atoms with Crippen LogP contribution in [0.3, 0.4) is 0 Å². The van der Waals surface area contributed by atoms with E-state index in [9.17, 15) is 9.59 Å². The zero-order valence-corrected chi connectivity index (χ0v) is 22.9. The van der Waals surface area contributed by atoms with Crippen molar-refractivity contribution in [3.05, 3.63) is 58.7 Å². The Labute approximate surface area is 219 Å². The third-order valence-electron chi connectivity index (χ3n) is 6.28. The Morgan fingerprint density at radius 2 is 1.03 bits per heavy atom. The summed E-state index contributed by atoms with van der Waals surface area (Å²) in [5.74, 6) is 1.96. The summed E-state index contributed by atoms with van der Waals surface area (Å²) >= 11 is 0. The van der Waals surface area contributed by atoms with Gasteiger partial charge in [-0.2, -0.15) is 0 Å². The molecule has 0 heterocycles. The Bertz CT molecular complexity index is 1090. The molecule has 0 saturated carbocycles. The van der Waals surface area contributed by atoms with E-state index in [1.165, 1.54) is 0 Å². The van der Waals surface area contributed by atoms with Crippen molar-refractivity contribution in [2.24, 2.45) is 0 Å². The molecule has 0 aromatic heterocycles. The average molecular weight is 513 g/mol. The van der Waals surface area contributed by atoms with Crippen LogP contribution in [-0.2, 0) is 9.59 Å². The van der Waals surface area contributed by atoms with Crippen LogP contribution < -0.4 is 30.4 Å². The highest BCUT2D eigenvalue weighted by molar-refractivity contribution is 6.16. The number of carbonyl (C=O) groups excluding carboxylic acids is 2. The second kappa shape index (κ2) is 14.2. The fourth-order valence-corrected chi connectivity index (χ4v) is 3.67. The van der Waals surface area contributed by atoms with E-state index in [0.29, 0.717) is 60.4 Å². The second-order valence-corrected chi connectivity index (χ2v) is 8.66. The van der Waals surface area contributed by atoms with Gasteiger partial charge in [-0.3, -0.25) is 9.59 Å². The number of hydrogen-bond acceptors (Lipinski definition) is 6. The maximum absolute atomic E-state index is 13.0. The lowest BCUT2D eigenvalue weighted by atomic mass is 9.93. The summed E-state index contributed by atoms with van der Waals surface area (Å²) in [4.78, 5) is 26.1. The summed E-state index contributed by atoms with van der Waals surface area (Å²) in [5.41, 5.74) is 11.8. The monoisotopic (exact) mass is 512 g/mol. The number of rotatable bonds is 14. The Morgan fingerprint density at radius 1 is 0.649 bits per heavy atom. The number of carbonyl (C=O) groups is 2. The van der Waals surface area contributed by atoms with Crippen molar-refractivity contribution in [1.82, 2.24) is 0 Å². The summed E-state index contributed by atoms with van der Waals surface area (Å²) < 4.78 is 22.2. The zero-order valence-electron chi connectivity index (χ0n) is 22.9. The van der Waals surface area contributed by atoms with Crippen LogP contribution in [0, 0.1) is 0 Å². The summed E-state index contributed by atoms with van der Waals surface area (Å²) in [6, 6.07) is 11.1. The third-order valence-corrected chi connectivity index (χ3v) is 6.28. The predicted octanol–water partition coefficient (Wildman–Crippen LogP) is 2.76. The van der Waals surface area contributed by atoms with Crippen LogP contribution >= 0.6 is 0 Å². The quantitative estimate of drug-likeness (QED) is 0.296. The van der Waals surface area contributed by atoms with Gasteiger partial charge in [-0.05, 0) is 85.4 Å². The largest absolute Gasteiger partial charge is 0.493 e. The van der Waals surface area contributed by atoms with Gasteiger partial charge in [0.2, 0.25) is 0 Å². The number of allylic oxidation sites excluding steroid dienone is 4. The van der Waals surface area contributed by atoms with Crippen LogP contribution in [0.1, 0.15) is 45.2 Å². The molecule has 0 spiro atoms. The molecule has 0 bridgehead atoms. The van der Waals surface area contributed by atoms with Crippen molar-refractivity contribution < 1.29 is 40.0 Å². The minimum Gasteiger partial charge on any atom is -0.493 e. The molecule has 0 unspecified atom stereocenters. The number of ether oxygens (including phenoxy) is 4. The lowest BCUT2D eigenvalue weighted by Crippen LogP contribution is -2.52. The lowest BCUT2D eigenvalue weighted by Gasteiger charge is -2.14. The molecule has 0 saturated heterocycles. The normalized spacial score (nSPS) is 12.3. The van der Waals surface area contributed by atoms with Crippen LogP contribution in [-0.4, -0.2) is 52.1 Å². The number of Topliss-reactive ketones (excluding diaryl/α,β-unsaturated/α-hetero) is 2. The summed E-state index contributed by atoms with van der Waals surface area (Å²) in [5, 5.41) is 0. The van der Waals surface area contributed by atoms with Gasteiger partial charge < -0.3 is 30.4 Å². The highest BCUT2D eigenvalue weighted by Gasteiger charge is 2.18. The van der Waals surface area contributed by atoms with Crippen molar-refractivity contribution in [2.75, 3.05) is 40.5 Å². The van der Waals surface area contributed by atoms with E-state index >= 15 is 0 Å². The van der Waals surface area contributed by atoms with Gasteiger partial charge in [0.05, 0.1) is 20.6 Å². The van der Waals surface area contributed by atoms with E-state index in [2.05, 4.69) is 11.5 Å². The van der Waals surface area contributed by atoms with E-state index in [4.69, 9.17) is 18.9 Å². The average Bonchev–Trinajstić information content (AvgIpc) is 2.92. The van der Waals surface area contributed by atoms with Gasteiger partial charge in [0, 0.05) is 0 Å². The number of benzene rings is 2. The van der Waals surface area contributed by atoms with E-state index in [-0.39, 0.29) is 18.0 Å². The number of hydrogen-bond donors (Lipinski definition) is 2. The van der Waals surface area contributed by atoms with Crippen LogP contribution in [0.4, 0.5) is 0 Å². The second-order valence-electron chi connectivity index (χ2n) is 8.66. The molecule has 8 heteroatoms. The highest BCUT2D eigenvalue weighted by Crippen LogP contribution is 2.33. The standard InChI is InChI=1S/C29H38N2O6/c1-18(22-7-9-26(36-13-11-30)28(15-22)34-5)20(3)24(32)17-25(33)21(4)19(2)23-8-10-27(37-14-12-31)29(16-23)35-6/h7-10,15-16H,11-14,17,30-31H2,1-6H3/p+2/b20-18+,21-19+. The first-order valence-electron chi connectivity index (χ1n) is 12.3. The molecule has 2 rings (SSSR count). The summed E-state index contributed by atoms with van der Waals surface area (Å²) in [6.45, 7) is 9.46. The summed E-state index contributed by atoms with van der Waals surface area (Å²) in [6.07, 6.45) is -0.212. The van der Waals surface area contributed by atoms with E-state index in [1.807, 2.05) is 50.2 Å². The molecule has 0 aliphatic heterocycles. The van der Waals surface area contributed by atoms with E-state index < -0.39 is 0 Å². The Kier molecular flexibility index (Phi) is 11.4. The molecule has 200 valence electrons. The fourth-order valence-electron chi connectivity index (χ4n) is 3.67. The van der Waals surface area contributed by atoms with Gasteiger partial charge in [0.25, 0.3) is 0 Å². The summed E-state index contributed by atoms with van der Waals surface area (Å²) in [7, 11) is 3.14. The van der Waals surface area contributed by atoms with Gasteiger partial charge in [-0.25, -0.2) is 0 Å². The minimum atomic E-state index is -0.222. The molecule has 0 fully saturated rings. The van der Waals surface area contributed by atoms with Crippen LogP contribution in [0.15, 0.2) is 47.5 Å². The lowest BCUT2D eigenvalue weighted by molar-refractivity contribution is -0.371. The molecule has 8 nitrogen and oxygen atoms in total. The van der Waals surface area contributed by atoms with Gasteiger partial charge in [0.1, 0.15) is 26.3 Å². The van der Waals surface area contributed by atoms with Crippen LogP contribution in [0.5, 0.6) is 23.0 Å². The number of methoxy groups -OCH3 is 2. The first-order chi connectivity index (χ1) is 17.7. The molecule has 0 atom stereocenters. The topological polar surface area (TPSA) is 126 Å². The molecule has 37 heavy (non-hydrogen) atoms. The zero-order chi connectivity index (χ0) is 27.5. The van der Waals surface area contributed by atoms with Crippen molar-refractivity contribution >= 4 is 22.7 Å². The molecule has 2 aromatic carbocycles. The number of ketones is 2. The fraction of sp³-hybridized carbons (Fsp3) is 0.379. The van der Waals surface area contributed by atoms with Gasteiger partial charge in [-0.15, -0.1) is 0 Å². The van der Waals surface area contributed by atoms with Crippen molar-refractivity contribution in [2.45, 2.75) is 34.1 Å². The molecular weight excluding hydrogens is 472 g/mol. The SMILES string of the molecule is COc1cc(/C(C)=C(\C)C(=O)CC(=O)/C(C)=C(\C)c2ccc(OCC[NH3+])c(OC)c2)ccc1OCC[NH3+]. The third kappa shape index (κ3) is 7.68. The van der Waals surface area contributed by atoms with Gasteiger partial charge >= 0.3 is 0 Å². The predicted molar refractivity (Wildman–Crippen MR) is 144 cm³/mol. The first kappa shape index (κ1) is 29.6. The van der Waals surface area contributed by atoms with Gasteiger partial charge in [0.15, 0.2) is 34.6 Å². The van der Waals surface area contributed by atoms with Crippen molar-refractivity contribution in [1.29, 1.82) is 0 Å². The molecule has 0 aliphatic rings. The highest BCUT2D eigenvalue weighted by atomic mass is 16.5. The molecule has 0 radical (unpaired) electrons. The Balaban J connectivity index is 2.23. The van der Waals surface area contributed by atoms with Crippen LogP contribution in [0.25, 0.3) is 11.1 Å². The van der Waals surface area contributed by atoms with Crippen LogP contribution in [0.2, 0.25) is 0 Å². The molecule has 0 aliphatic carbocycles. The molecule has 0 amide bonds. The molecular formula is C29H40N2O6+2. The Hall–Kier alpha value is -3.62. The molecule has 2 aromatic rings. The van der Waals surface area contributed by atoms with Crippen molar-refractivity contribution in [3.8, 4) is 23.0 Å². The minimum absolute atomic E-state index is 0.212. The van der Waals surface area contributed by atoms with Gasteiger partial charge in [-0.1, -0.05) is 12.1 Å². The maximum atomic E-state index is 13.0. The van der Waals surface area contributed by atoms with E-state index in [0.717, 1.165) is 22.3 Å². The van der Waals surface area contributed by atoms with Crippen molar-refractivity contribution in [3.63, 3.8) is 0 Å². The molecule has 6 N–H and O–H groups in total. The maximum Gasteiger partial charge on any atom is 0.166 e. The Morgan fingerprint density at radius 3 is 1.35 bits per heavy atom. The smallest absolute Gasteiger partial charge is 0.166 e. The number of quaternary nitrogens is 2.